The highest BCUT2D eigenvalue weighted by Gasteiger charge is 2.33. The van der Waals surface area contributed by atoms with Crippen LogP contribution in [0, 0.1) is 11.8 Å². The number of methoxy groups -OCH3 is 1. The predicted octanol–water partition coefficient (Wildman–Crippen LogP) is 5.98. The van der Waals surface area contributed by atoms with Crippen molar-refractivity contribution in [3.63, 3.8) is 0 Å². The molecule has 1 aromatic heterocycles. The zero-order valence-electron chi connectivity index (χ0n) is 18.5. The number of carbonyl (C=O) groups excluding carboxylic acids is 1. The number of aromatic nitrogens is 2. The monoisotopic (exact) mass is 454 g/mol. The first-order valence-electron chi connectivity index (χ1n) is 10.9. The molecule has 7 heteroatoms. The summed E-state index contributed by atoms with van der Waals surface area (Å²) in [5.41, 5.74) is 2.78. The van der Waals surface area contributed by atoms with E-state index in [4.69, 9.17) is 25.6 Å². The molecular weight excluding hydrogens is 428 g/mol. The standard InChI is InChI=1S/C25H27ClN2O4/c1-15(2)31-22-12-11-19(14-21(22)26)23-27-24(32-28-23)17-9-7-16(8-10-17)13-18-5-4-6-20(18)25(29)30-3/h7-12,14-15,18,20H,4-6,13H2,1-3H3/t18-,20-/m0/s1. The van der Waals surface area contributed by atoms with Crippen molar-refractivity contribution in [2.24, 2.45) is 11.8 Å². The van der Waals surface area contributed by atoms with Crippen LogP contribution < -0.4 is 4.74 Å². The minimum absolute atomic E-state index is 0.00215. The summed E-state index contributed by atoms with van der Waals surface area (Å²) in [6.07, 6.45) is 3.94. The van der Waals surface area contributed by atoms with Crippen LogP contribution in [-0.2, 0) is 16.0 Å². The van der Waals surface area contributed by atoms with E-state index in [-0.39, 0.29) is 18.0 Å². The first-order valence-corrected chi connectivity index (χ1v) is 11.3. The van der Waals surface area contributed by atoms with Crippen molar-refractivity contribution in [2.45, 2.75) is 45.6 Å². The van der Waals surface area contributed by atoms with Crippen molar-refractivity contribution in [3.05, 3.63) is 53.1 Å². The Bertz CT molecular complexity index is 1080. The Morgan fingerprint density at radius 3 is 2.59 bits per heavy atom. The number of hydrogen-bond donors (Lipinski definition) is 0. The number of halogens is 1. The van der Waals surface area contributed by atoms with Crippen molar-refractivity contribution >= 4 is 17.6 Å². The molecule has 168 valence electrons. The van der Waals surface area contributed by atoms with E-state index in [1.54, 1.807) is 6.07 Å². The van der Waals surface area contributed by atoms with Gasteiger partial charge in [0.25, 0.3) is 5.89 Å². The van der Waals surface area contributed by atoms with Crippen LogP contribution in [0.3, 0.4) is 0 Å². The fourth-order valence-electron chi connectivity index (χ4n) is 4.28. The number of benzene rings is 2. The maximum absolute atomic E-state index is 12.0. The Balaban J connectivity index is 1.46. The van der Waals surface area contributed by atoms with Gasteiger partial charge >= 0.3 is 5.97 Å². The van der Waals surface area contributed by atoms with Gasteiger partial charge in [-0.15, -0.1) is 0 Å². The van der Waals surface area contributed by atoms with Crippen LogP contribution in [0.15, 0.2) is 47.0 Å². The van der Waals surface area contributed by atoms with E-state index < -0.39 is 0 Å². The largest absolute Gasteiger partial charge is 0.489 e. The molecule has 1 aliphatic rings. The lowest BCUT2D eigenvalue weighted by Crippen LogP contribution is -2.21. The number of carbonyl (C=O) groups is 1. The molecule has 0 N–H and O–H groups in total. The van der Waals surface area contributed by atoms with Gasteiger partial charge in [0.05, 0.1) is 24.2 Å². The van der Waals surface area contributed by atoms with E-state index in [2.05, 4.69) is 22.3 Å². The molecule has 0 saturated heterocycles. The smallest absolute Gasteiger partial charge is 0.308 e. The van der Waals surface area contributed by atoms with Gasteiger partial charge in [-0.3, -0.25) is 4.79 Å². The summed E-state index contributed by atoms with van der Waals surface area (Å²) in [6, 6.07) is 13.5. The molecule has 1 heterocycles. The summed E-state index contributed by atoms with van der Waals surface area (Å²) >= 11 is 6.33. The summed E-state index contributed by atoms with van der Waals surface area (Å²) in [5, 5.41) is 4.61. The Hall–Kier alpha value is -2.86. The summed E-state index contributed by atoms with van der Waals surface area (Å²) in [6.45, 7) is 3.90. The number of hydrogen-bond acceptors (Lipinski definition) is 6. The third-order valence-corrected chi connectivity index (χ3v) is 6.14. The Morgan fingerprint density at radius 2 is 1.91 bits per heavy atom. The highest BCUT2D eigenvalue weighted by molar-refractivity contribution is 6.32. The number of nitrogens with zero attached hydrogens (tertiary/aromatic N) is 2. The number of ether oxygens (including phenoxy) is 2. The van der Waals surface area contributed by atoms with Crippen LogP contribution in [0.2, 0.25) is 5.02 Å². The van der Waals surface area contributed by atoms with Gasteiger partial charge < -0.3 is 14.0 Å². The SMILES string of the molecule is COC(=O)[C@H]1CCC[C@H]1Cc1ccc(-c2nc(-c3ccc(OC(C)C)c(Cl)c3)no2)cc1. The second kappa shape index (κ2) is 9.74. The van der Waals surface area contributed by atoms with E-state index in [1.807, 2.05) is 38.1 Å². The van der Waals surface area contributed by atoms with Crippen LogP contribution in [0.5, 0.6) is 5.75 Å². The molecule has 32 heavy (non-hydrogen) atoms. The second-order valence-electron chi connectivity index (χ2n) is 8.46. The second-order valence-corrected chi connectivity index (χ2v) is 8.86. The predicted molar refractivity (Wildman–Crippen MR) is 122 cm³/mol. The molecular formula is C25H27ClN2O4. The number of rotatable bonds is 7. The van der Waals surface area contributed by atoms with Gasteiger partial charge in [0, 0.05) is 11.1 Å². The lowest BCUT2D eigenvalue weighted by Gasteiger charge is -2.17. The van der Waals surface area contributed by atoms with E-state index in [9.17, 15) is 4.79 Å². The van der Waals surface area contributed by atoms with Gasteiger partial charge in [-0.1, -0.05) is 35.3 Å². The van der Waals surface area contributed by atoms with Gasteiger partial charge in [-0.25, -0.2) is 0 Å². The van der Waals surface area contributed by atoms with Crippen LogP contribution in [-0.4, -0.2) is 29.3 Å². The topological polar surface area (TPSA) is 74.5 Å². The molecule has 4 rings (SSSR count). The van der Waals surface area contributed by atoms with Crippen molar-refractivity contribution in [1.29, 1.82) is 0 Å². The third kappa shape index (κ3) is 4.96. The molecule has 2 aromatic carbocycles. The Morgan fingerprint density at radius 1 is 1.16 bits per heavy atom. The first kappa shape index (κ1) is 22.3. The van der Waals surface area contributed by atoms with Gasteiger partial charge in [0.1, 0.15) is 5.75 Å². The molecule has 1 saturated carbocycles. The Labute approximate surface area is 192 Å². The minimum Gasteiger partial charge on any atom is -0.489 e. The van der Waals surface area contributed by atoms with E-state index >= 15 is 0 Å². The van der Waals surface area contributed by atoms with Crippen molar-refractivity contribution in [1.82, 2.24) is 10.1 Å². The fraction of sp³-hybridized carbons (Fsp3) is 0.400. The fourth-order valence-corrected chi connectivity index (χ4v) is 4.50. The van der Waals surface area contributed by atoms with Crippen LogP contribution >= 0.6 is 11.6 Å². The number of esters is 1. The van der Waals surface area contributed by atoms with Crippen molar-refractivity contribution < 1.29 is 18.8 Å². The van der Waals surface area contributed by atoms with E-state index in [1.165, 1.54) is 12.7 Å². The molecule has 2 atom stereocenters. The minimum atomic E-state index is -0.0913. The summed E-state index contributed by atoms with van der Waals surface area (Å²) < 4.78 is 16.1. The third-order valence-electron chi connectivity index (χ3n) is 5.84. The van der Waals surface area contributed by atoms with E-state index in [0.717, 1.165) is 36.8 Å². The summed E-state index contributed by atoms with van der Waals surface area (Å²) in [7, 11) is 1.47. The average molecular weight is 455 g/mol. The molecule has 6 nitrogen and oxygen atoms in total. The van der Waals surface area contributed by atoms with Gasteiger partial charge in [-0.05, 0) is 74.9 Å². The van der Waals surface area contributed by atoms with Gasteiger partial charge in [-0.2, -0.15) is 4.98 Å². The maximum Gasteiger partial charge on any atom is 0.308 e. The molecule has 0 amide bonds. The molecule has 0 spiro atoms. The van der Waals surface area contributed by atoms with Crippen molar-refractivity contribution in [2.75, 3.05) is 7.11 Å². The zero-order valence-corrected chi connectivity index (χ0v) is 19.3. The molecule has 1 fully saturated rings. The van der Waals surface area contributed by atoms with Gasteiger partial charge in [0.2, 0.25) is 5.82 Å². The highest BCUT2D eigenvalue weighted by atomic mass is 35.5. The lowest BCUT2D eigenvalue weighted by atomic mass is 9.89. The van der Waals surface area contributed by atoms with Crippen LogP contribution in [0.4, 0.5) is 0 Å². The first-order chi connectivity index (χ1) is 15.4. The van der Waals surface area contributed by atoms with Crippen LogP contribution in [0.1, 0.15) is 38.7 Å². The average Bonchev–Trinajstić information content (AvgIpc) is 3.45. The van der Waals surface area contributed by atoms with E-state index in [0.29, 0.717) is 28.4 Å². The quantitative estimate of drug-likeness (QED) is 0.409. The summed E-state index contributed by atoms with van der Waals surface area (Å²) in [5.74, 6) is 1.78. The zero-order chi connectivity index (χ0) is 22.7. The van der Waals surface area contributed by atoms with Crippen LogP contribution in [0.25, 0.3) is 22.8 Å². The molecule has 0 bridgehead atoms. The molecule has 0 unspecified atom stereocenters. The molecule has 0 aliphatic heterocycles. The molecule has 1 aliphatic carbocycles. The maximum atomic E-state index is 12.0. The molecule has 3 aromatic rings. The van der Waals surface area contributed by atoms with Gasteiger partial charge in [0.15, 0.2) is 0 Å². The lowest BCUT2D eigenvalue weighted by molar-refractivity contribution is -0.146. The highest BCUT2D eigenvalue weighted by Crippen LogP contribution is 2.35. The Kier molecular flexibility index (Phi) is 6.80. The molecule has 0 radical (unpaired) electrons. The normalized spacial score (nSPS) is 18.2. The van der Waals surface area contributed by atoms with Crippen molar-refractivity contribution in [3.8, 4) is 28.6 Å². The summed E-state index contributed by atoms with van der Waals surface area (Å²) in [4.78, 5) is 16.5.